The summed E-state index contributed by atoms with van der Waals surface area (Å²) >= 11 is 0. The summed E-state index contributed by atoms with van der Waals surface area (Å²) in [4.78, 5) is 20.7. The van der Waals surface area contributed by atoms with Crippen molar-refractivity contribution >= 4 is 11.9 Å². The van der Waals surface area contributed by atoms with E-state index in [4.69, 9.17) is 0 Å². The van der Waals surface area contributed by atoms with Gasteiger partial charge in [0.1, 0.15) is 11.4 Å². The number of carbonyl (C=O) groups excluding carboxylic acids is 2. The Morgan fingerprint density at radius 3 is 2.40 bits per heavy atom. The van der Waals surface area contributed by atoms with E-state index in [0.29, 0.717) is 0 Å². The lowest BCUT2D eigenvalue weighted by Gasteiger charge is -1.89. The van der Waals surface area contributed by atoms with Gasteiger partial charge >= 0.3 is 11.9 Å². The summed E-state index contributed by atoms with van der Waals surface area (Å²) in [5.74, 6) is -2.77. The van der Waals surface area contributed by atoms with Gasteiger partial charge in [-0.05, 0) is 0 Å². The Bertz CT molecular complexity index is 252. The highest BCUT2D eigenvalue weighted by Gasteiger charge is 2.25. The maximum absolute atomic E-state index is 12.1. The number of carbonyl (C=O) groups is 2. The van der Waals surface area contributed by atoms with Crippen LogP contribution >= 0.6 is 0 Å². The monoisotopic (exact) mass is 142 g/mol. The number of cyclic esters (lactones) is 2. The Labute approximate surface area is 55.8 Å². The van der Waals surface area contributed by atoms with Crippen LogP contribution in [-0.4, -0.2) is 11.9 Å². The van der Waals surface area contributed by atoms with E-state index in [0.717, 1.165) is 6.08 Å². The normalized spacial score (nSPS) is 16.7. The zero-order valence-electron chi connectivity index (χ0n) is 4.89. The second-order valence-corrected chi connectivity index (χ2v) is 1.67. The number of rotatable bonds is 1. The predicted octanol–water partition coefficient (Wildman–Crippen LogP) is 0.479. The zero-order valence-corrected chi connectivity index (χ0v) is 4.89. The highest BCUT2D eigenvalue weighted by Crippen LogP contribution is 2.16. The van der Waals surface area contributed by atoms with Crippen LogP contribution in [0.5, 0.6) is 0 Å². The largest absolute Gasteiger partial charge is 0.386 e. The molecule has 0 aliphatic carbocycles. The summed E-state index contributed by atoms with van der Waals surface area (Å²) in [5.41, 5.74) is -0.398. The molecule has 0 aromatic carbocycles. The quantitative estimate of drug-likeness (QED) is 0.395. The minimum atomic E-state index is -0.975. The van der Waals surface area contributed by atoms with Gasteiger partial charge in [-0.25, -0.2) is 14.0 Å². The van der Waals surface area contributed by atoms with Gasteiger partial charge in [0.2, 0.25) is 0 Å². The molecule has 0 bridgehead atoms. The first-order valence-electron chi connectivity index (χ1n) is 2.44. The second-order valence-electron chi connectivity index (χ2n) is 1.67. The first-order chi connectivity index (χ1) is 4.61. The Balaban J connectivity index is 2.96. The fourth-order valence-corrected chi connectivity index (χ4v) is 0.542. The molecule has 0 N–H and O–H groups in total. The lowest BCUT2D eigenvalue weighted by molar-refractivity contribution is -0.150. The topological polar surface area (TPSA) is 43.4 Å². The Morgan fingerprint density at radius 2 is 2.20 bits per heavy atom. The van der Waals surface area contributed by atoms with Crippen LogP contribution in [0, 0.1) is 0 Å². The molecule has 0 spiro atoms. The minimum absolute atomic E-state index is 0.398. The van der Waals surface area contributed by atoms with Crippen LogP contribution in [-0.2, 0) is 14.3 Å². The molecule has 3 nitrogen and oxygen atoms in total. The Kier molecular flexibility index (Phi) is 1.37. The van der Waals surface area contributed by atoms with Gasteiger partial charge in [0.15, 0.2) is 0 Å². The van der Waals surface area contributed by atoms with Gasteiger partial charge in [-0.1, -0.05) is 6.58 Å². The average Bonchev–Trinajstić information content (AvgIpc) is 2.10. The highest BCUT2D eigenvalue weighted by molar-refractivity contribution is 6.10. The van der Waals surface area contributed by atoms with E-state index in [-0.39, 0.29) is 0 Å². The van der Waals surface area contributed by atoms with E-state index in [1.165, 1.54) is 0 Å². The highest BCUT2D eigenvalue weighted by atomic mass is 19.1. The molecular formula is C6H3FO3. The molecule has 0 fully saturated rings. The number of hydrogen-bond acceptors (Lipinski definition) is 3. The molecule has 0 unspecified atom stereocenters. The smallest absolute Gasteiger partial charge is 0.349 e. The Morgan fingerprint density at radius 1 is 1.60 bits per heavy atom. The first-order valence-corrected chi connectivity index (χ1v) is 2.44. The van der Waals surface area contributed by atoms with Crippen molar-refractivity contribution in [1.29, 1.82) is 0 Å². The third-order valence-electron chi connectivity index (χ3n) is 0.968. The van der Waals surface area contributed by atoms with Gasteiger partial charge in [-0.15, -0.1) is 0 Å². The minimum Gasteiger partial charge on any atom is -0.386 e. The molecule has 0 atom stereocenters. The molecular weight excluding hydrogens is 139 g/mol. The van der Waals surface area contributed by atoms with Crippen LogP contribution < -0.4 is 0 Å². The molecule has 52 valence electrons. The third-order valence-corrected chi connectivity index (χ3v) is 0.968. The van der Waals surface area contributed by atoms with Crippen molar-refractivity contribution in [3.05, 3.63) is 24.1 Å². The van der Waals surface area contributed by atoms with Crippen molar-refractivity contribution in [3.8, 4) is 0 Å². The van der Waals surface area contributed by atoms with Crippen molar-refractivity contribution in [1.82, 2.24) is 0 Å². The molecule has 0 amide bonds. The van der Waals surface area contributed by atoms with E-state index in [9.17, 15) is 14.0 Å². The lowest BCUT2D eigenvalue weighted by Crippen LogP contribution is -2.01. The molecule has 1 aliphatic heterocycles. The maximum Gasteiger partial charge on any atom is 0.349 e. The van der Waals surface area contributed by atoms with Crippen molar-refractivity contribution in [3.63, 3.8) is 0 Å². The molecule has 1 aliphatic rings. The molecule has 1 rings (SSSR count). The maximum atomic E-state index is 12.1. The summed E-state index contributed by atoms with van der Waals surface area (Å²) in [6.45, 7) is 2.83. The molecule has 10 heavy (non-hydrogen) atoms. The van der Waals surface area contributed by atoms with E-state index < -0.39 is 23.3 Å². The van der Waals surface area contributed by atoms with Crippen LogP contribution in [0.4, 0.5) is 4.39 Å². The average molecular weight is 142 g/mol. The van der Waals surface area contributed by atoms with Gasteiger partial charge in [0.05, 0.1) is 0 Å². The van der Waals surface area contributed by atoms with Crippen LogP contribution in [0.25, 0.3) is 0 Å². The van der Waals surface area contributed by atoms with Gasteiger partial charge in [-0.3, -0.25) is 0 Å². The molecule has 0 aromatic rings. The van der Waals surface area contributed by atoms with E-state index in [2.05, 4.69) is 11.3 Å². The summed E-state index contributed by atoms with van der Waals surface area (Å²) in [6, 6.07) is 0. The van der Waals surface area contributed by atoms with Gasteiger partial charge in [-0.2, -0.15) is 0 Å². The zero-order chi connectivity index (χ0) is 7.72. The number of halogens is 1. The van der Waals surface area contributed by atoms with Crippen LogP contribution in [0.1, 0.15) is 0 Å². The van der Waals surface area contributed by atoms with Crippen LogP contribution in [0.3, 0.4) is 0 Å². The second kappa shape index (κ2) is 2.06. The molecule has 0 radical (unpaired) electrons. The molecule has 0 aromatic heterocycles. The summed E-state index contributed by atoms with van der Waals surface area (Å²) in [6.07, 6.45) is 0.769. The predicted molar refractivity (Wildman–Crippen MR) is 29.4 cm³/mol. The van der Waals surface area contributed by atoms with Crippen molar-refractivity contribution in [2.75, 3.05) is 0 Å². The van der Waals surface area contributed by atoms with Crippen LogP contribution in [0.2, 0.25) is 0 Å². The van der Waals surface area contributed by atoms with Gasteiger partial charge in [0.25, 0.3) is 0 Å². The molecule has 4 heteroatoms. The summed E-state index contributed by atoms with van der Waals surface area (Å²) in [5, 5.41) is 0. The van der Waals surface area contributed by atoms with E-state index in [1.54, 1.807) is 0 Å². The van der Waals surface area contributed by atoms with E-state index >= 15 is 0 Å². The Hall–Kier alpha value is -1.45. The van der Waals surface area contributed by atoms with Gasteiger partial charge in [0, 0.05) is 6.08 Å². The van der Waals surface area contributed by atoms with Crippen molar-refractivity contribution in [2.45, 2.75) is 0 Å². The van der Waals surface area contributed by atoms with Gasteiger partial charge < -0.3 is 4.74 Å². The van der Waals surface area contributed by atoms with Crippen molar-refractivity contribution < 1.29 is 18.7 Å². The molecule has 0 saturated heterocycles. The van der Waals surface area contributed by atoms with Crippen LogP contribution in [0.15, 0.2) is 24.1 Å². The summed E-state index contributed by atoms with van der Waals surface area (Å²) < 4.78 is 16.1. The fraction of sp³-hybridized carbons (Fsp3) is 0. The molecule has 0 saturated carbocycles. The fourth-order valence-electron chi connectivity index (χ4n) is 0.542. The number of esters is 2. The lowest BCUT2D eigenvalue weighted by atomic mass is 10.2. The number of ether oxygens (including phenoxy) is 1. The van der Waals surface area contributed by atoms with Crippen molar-refractivity contribution in [2.24, 2.45) is 0 Å². The third kappa shape index (κ3) is 0.953. The molecule has 1 heterocycles. The summed E-state index contributed by atoms with van der Waals surface area (Å²) in [7, 11) is 0. The first kappa shape index (κ1) is 6.67. The SMILES string of the molecule is C=C(F)C1=CC(=O)OC1=O. The van der Waals surface area contributed by atoms with E-state index in [1.807, 2.05) is 0 Å². The standard InChI is InChI=1S/C6H3FO3/c1-3(7)4-2-5(8)10-6(4)9/h2H,1H2. The number of hydrogen-bond donors (Lipinski definition) is 0.